The zero-order chi connectivity index (χ0) is 22.4. The Labute approximate surface area is 190 Å². The number of H-pyrrole nitrogens is 1. The predicted octanol–water partition coefficient (Wildman–Crippen LogP) is 5.19. The number of aromatic amines is 1. The zero-order valence-electron chi connectivity index (χ0n) is 17.6. The van der Waals surface area contributed by atoms with Crippen LogP contribution in [0.3, 0.4) is 0 Å². The summed E-state index contributed by atoms with van der Waals surface area (Å²) in [7, 11) is 0. The van der Waals surface area contributed by atoms with Crippen LogP contribution in [0.25, 0.3) is 11.3 Å². The van der Waals surface area contributed by atoms with Crippen molar-refractivity contribution in [3.05, 3.63) is 99.5 Å². The van der Waals surface area contributed by atoms with Crippen molar-refractivity contribution in [3.8, 4) is 17.0 Å². The van der Waals surface area contributed by atoms with Crippen molar-refractivity contribution in [1.29, 1.82) is 0 Å². The summed E-state index contributed by atoms with van der Waals surface area (Å²) < 4.78 is 0. The molecule has 5 rings (SSSR count). The van der Waals surface area contributed by atoms with E-state index in [9.17, 15) is 9.90 Å². The number of phenolic OH excluding ortho intramolecular Hbond substituents is 1. The minimum atomic E-state index is -0.385. The van der Waals surface area contributed by atoms with Gasteiger partial charge in [-0.1, -0.05) is 29.8 Å². The van der Waals surface area contributed by atoms with Crippen LogP contribution < -0.4 is 0 Å². The quantitative estimate of drug-likeness (QED) is 0.453. The molecule has 0 radical (unpaired) electrons. The molecule has 6 nitrogen and oxygen atoms in total. The number of nitrogens with one attached hydrogen (secondary N) is 1. The summed E-state index contributed by atoms with van der Waals surface area (Å²) in [6, 6.07) is 14.5. The second-order valence-corrected chi connectivity index (χ2v) is 8.50. The first kappa shape index (κ1) is 20.3. The van der Waals surface area contributed by atoms with Gasteiger partial charge in [-0.05, 0) is 66.4 Å². The van der Waals surface area contributed by atoms with Gasteiger partial charge in [-0.2, -0.15) is 5.10 Å². The number of carbonyl (C=O) groups is 1. The van der Waals surface area contributed by atoms with Crippen molar-refractivity contribution >= 4 is 17.5 Å². The van der Waals surface area contributed by atoms with E-state index in [1.807, 2.05) is 56.3 Å². The van der Waals surface area contributed by atoms with Crippen molar-refractivity contribution in [1.82, 2.24) is 20.1 Å². The van der Waals surface area contributed by atoms with Crippen LogP contribution >= 0.6 is 11.6 Å². The summed E-state index contributed by atoms with van der Waals surface area (Å²) in [5.41, 5.74) is 6.21. The number of aromatic hydroxyl groups is 1. The van der Waals surface area contributed by atoms with Crippen molar-refractivity contribution in [2.45, 2.75) is 26.4 Å². The largest absolute Gasteiger partial charge is 0.507 e. The molecule has 2 N–H and O–H groups in total. The molecule has 1 atom stereocenters. The first-order valence-corrected chi connectivity index (χ1v) is 10.7. The molecule has 0 bridgehead atoms. The highest BCUT2D eigenvalue weighted by Gasteiger charge is 2.42. The lowest BCUT2D eigenvalue weighted by Crippen LogP contribution is -2.29. The van der Waals surface area contributed by atoms with E-state index in [1.165, 1.54) is 0 Å². The average Bonchev–Trinajstić information content (AvgIpc) is 3.32. The van der Waals surface area contributed by atoms with Gasteiger partial charge in [-0.25, -0.2) is 0 Å². The summed E-state index contributed by atoms with van der Waals surface area (Å²) in [5.74, 6) is -0.0127. The van der Waals surface area contributed by atoms with Gasteiger partial charge in [0.25, 0.3) is 5.91 Å². The SMILES string of the molecule is Cc1cc(O)c(-c2n[nH]c3c2[C@@H](c2ccc(Cl)cc2)N(Cc2cccnc2)C3=O)cc1C. The van der Waals surface area contributed by atoms with E-state index < -0.39 is 0 Å². The molecule has 0 spiro atoms. The number of carbonyl (C=O) groups excluding carboxylic acids is 1. The smallest absolute Gasteiger partial charge is 0.273 e. The molecule has 3 heterocycles. The first-order valence-electron chi connectivity index (χ1n) is 10.3. The van der Waals surface area contributed by atoms with Crippen LogP contribution in [0.5, 0.6) is 5.75 Å². The number of benzene rings is 2. The molecule has 160 valence electrons. The molecule has 2 aromatic heterocycles. The Bertz CT molecular complexity index is 1320. The number of halogens is 1. The summed E-state index contributed by atoms with van der Waals surface area (Å²) in [6.45, 7) is 4.33. The van der Waals surface area contributed by atoms with E-state index in [4.69, 9.17) is 11.6 Å². The Balaban J connectivity index is 1.68. The number of pyridine rings is 1. The first-order chi connectivity index (χ1) is 15.4. The highest BCUT2D eigenvalue weighted by molar-refractivity contribution is 6.30. The van der Waals surface area contributed by atoms with Crippen LogP contribution in [0.4, 0.5) is 0 Å². The molecule has 32 heavy (non-hydrogen) atoms. The maximum absolute atomic E-state index is 13.4. The number of rotatable bonds is 4. The van der Waals surface area contributed by atoms with Crippen LogP contribution in [0.15, 0.2) is 60.9 Å². The molecular formula is C25H21ClN4O2. The molecule has 0 saturated carbocycles. The number of fused-ring (bicyclic) bond motifs is 1. The van der Waals surface area contributed by atoms with Crippen molar-refractivity contribution < 1.29 is 9.90 Å². The van der Waals surface area contributed by atoms with Gasteiger partial charge in [0.2, 0.25) is 0 Å². The highest BCUT2D eigenvalue weighted by Crippen LogP contribution is 2.45. The summed E-state index contributed by atoms with van der Waals surface area (Å²) >= 11 is 6.13. The van der Waals surface area contributed by atoms with Gasteiger partial charge in [0.15, 0.2) is 0 Å². The molecule has 4 aromatic rings. The van der Waals surface area contributed by atoms with Crippen molar-refractivity contribution in [3.63, 3.8) is 0 Å². The third kappa shape index (κ3) is 3.33. The number of aryl methyl sites for hydroxylation is 2. The van der Waals surface area contributed by atoms with E-state index in [0.717, 1.165) is 27.8 Å². The monoisotopic (exact) mass is 444 g/mol. The maximum atomic E-state index is 13.4. The van der Waals surface area contributed by atoms with E-state index >= 15 is 0 Å². The lowest BCUT2D eigenvalue weighted by atomic mass is 9.94. The average molecular weight is 445 g/mol. The van der Waals surface area contributed by atoms with E-state index in [2.05, 4.69) is 15.2 Å². The highest BCUT2D eigenvalue weighted by atomic mass is 35.5. The number of phenols is 1. The Morgan fingerprint density at radius 2 is 1.88 bits per heavy atom. The second-order valence-electron chi connectivity index (χ2n) is 8.06. The van der Waals surface area contributed by atoms with E-state index in [1.54, 1.807) is 23.4 Å². The lowest BCUT2D eigenvalue weighted by molar-refractivity contribution is 0.0730. The minimum absolute atomic E-state index is 0.135. The summed E-state index contributed by atoms with van der Waals surface area (Å²) in [4.78, 5) is 19.4. The fraction of sp³-hybridized carbons (Fsp3) is 0.160. The number of hydrogen-bond donors (Lipinski definition) is 2. The lowest BCUT2D eigenvalue weighted by Gasteiger charge is -2.26. The summed E-state index contributed by atoms with van der Waals surface area (Å²) in [5, 5.41) is 18.7. The van der Waals surface area contributed by atoms with Crippen LogP contribution in [0.1, 0.15) is 44.3 Å². The number of amides is 1. The fourth-order valence-corrected chi connectivity index (χ4v) is 4.36. The van der Waals surface area contributed by atoms with Gasteiger partial charge >= 0.3 is 0 Å². The minimum Gasteiger partial charge on any atom is -0.507 e. The molecule has 0 saturated heterocycles. The Morgan fingerprint density at radius 3 is 2.59 bits per heavy atom. The second kappa shape index (κ2) is 7.80. The molecular weight excluding hydrogens is 424 g/mol. The van der Waals surface area contributed by atoms with Gasteiger partial charge in [0.1, 0.15) is 17.1 Å². The van der Waals surface area contributed by atoms with Gasteiger partial charge in [-0.15, -0.1) is 0 Å². The third-order valence-corrected chi connectivity index (χ3v) is 6.24. The number of hydrogen-bond acceptors (Lipinski definition) is 4. The Kier molecular flexibility index (Phi) is 4.94. The molecule has 1 aliphatic rings. The van der Waals surface area contributed by atoms with Crippen molar-refractivity contribution in [2.24, 2.45) is 0 Å². The van der Waals surface area contributed by atoms with Crippen molar-refractivity contribution in [2.75, 3.05) is 0 Å². The Hall–Kier alpha value is -3.64. The van der Waals surface area contributed by atoms with Gasteiger partial charge in [0, 0.05) is 35.1 Å². The topological polar surface area (TPSA) is 82.1 Å². The Morgan fingerprint density at radius 1 is 1.12 bits per heavy atom. The normalized spacial score (nSPS) is 15.3. The van der Waals surface area contributed by atoms with Gasteiger partial charge in [0.05, 0.1) is 6.04 Å². The van der Waals surface area contributed by atoms with E-state index in [-0.39, 0.29) is 17.7 Å². The number of aromatic nitrogens is 3. The van der Waals surface area contributed by atoms with E-state index in [0.29, 0.717) is 28.5 Å². The number of nitrogens with zero attached hydrogens (tertiary/aromatic N) is 3. The maximum Gasteiger partial charge on any atom is 0.273 e. The standard InChI is InChI=1S/C25H21ClN4O2/c1-14-10-19(20(31)11-15(14)2)22-21-23(29-28-22)25(32)30(13-16-4-3-9-27-12-16)24(21)17-5-7-18(26)8-6-17/h3-12,24,31H,13H2,1-2H3,(H,28,29)/t24-/m1/s1. The van der Waals surface area contributed by atoms with Gasteiger partial charge in [-0.3, -0.25) is 14.9 Å². The molecule has 2 aromatic carbocycles. The molecule has 0 unspecified atom stereocenters. The molecule has 1 amide bonds. The molecule has 1 aliphatic heterocycles. The molecule has 7 heteroatoms. The molecule has 0 aliphatic carbocycles. The van der Waals surface area contributed by atoms with Gasteiger partial charge < -0.3 is 10.0 Å². The van der Waals surface area contributed by atoms with Crippen LogP contribution in [0.2, 0.25) is 5.02 Å². The molecule has 0 fully saturated rings. The summed E-state index contributed by atoms with van der Waals surface area (Å²) in [6.07, 6.45) is 3.46. The van der Waals surface area contributed by atoms with Crippen LogP contribution in [-0.2, 0) is 6.54 Å². The zero-order valence-corrected chi connectivity index (χ0v) is 18.4. The predicted molar refractivity (Wildman–Crippen MR) is 123 cm³/mol. The fourth-order valence-electron chi connectivity index (χ4n) is 4.24. The van der Waals surface area contributed by atoms with Crippen LogP contribution in [0, 0.1) is 13.8 Å². The van der Waals surface area contributed by atoms with Crippen LogP contribution in [-0.4, -0.2) is 31.1 Å². The third-order valence-electron chi connectivity index (χ3n) is 5.99.